The molecule has 2 heterocycles. The molecule has 0 saturated heterocycles. The molecule has 0 fully saturated rings. The second kappa shape index (κ2) is 10.7. The van der Waals surface area contributed by atoms with E-state index in [1.165, 1.54) is 4.57 Å². The summed E-state index contributed by atoms with van der Waals surface area (Å²) in [5, 5.41) is 2.96. The minimum Gasteiger partial charge on any atom is -0.377 e. The molecule has 0 saturated carbocycles. The Kier molecular flexibility index (Phi) is 7.96. The summed E-state index contributed by atoms with van der Waals surface area (Å²) >= 11 is 0. The molecule has 9 nitrogen and oxygen atoms in total. The number of nitrogens with zero attached hydrogens (tertiary/aromatic N) is 4. The molecule has 1 aromatic carbocycles. The number of unbranched alkanes of at least 4 members (excludes halogenated alkanes) is 1. The molecule has 184 valence electrons. The number of benzene rings is 1. The zero-order valence-corrected chi connectivity index (χ0v) is 21.1. The standard InChI is InChI=1S/C25H36N6O3/c1-7-8-13-30-23-22(24(33)28-25(30)34)31(15-16(2)3)20(27-23)11-12-21(32)26-18-9-10-19(29(5)6)17(4)14-18/h9-10,14,16H,7-8,11-13,15H2,1-6H3,(H,26,32)(H,28,33,34). The molecular formula is C25H36N6O3. The zero-order valence-electron chi connectivity index (χ0n) is 21.1. The van der Waals surface area contributed by atoms with Crippen LogP contribution in [0, 0.1) is 12.8 Å². The Morgan fingerprint density at radius 2 is 1.94 bits per heavy atom. The van der Waals surface area contributed by atoms with Crippen molar-refractivity contribution in [3.63, 3.8) is 0 Å². The van der Waals surface area contributed by atoms with E-state index in [-0.39, 0.29) is 18.2 Å². The lowest BCUT2D eigenvalue weighted by molar-refractivity contribution is -0.116. The second-order valence-electron chi connectivity index (χ2n) is 9.41. The molecule has 9 heteroatoms. The van der Waals surface area contributed by atoms with Crippen LogP contribution in [-0.4, -0.2) is 39.1 Å². The van der Waals surface area contributed by atoms with Gasteiger partial charge in [0.1, 0.15) is 5.82 Å². The van der Waals surface area contributed by atoms with Crippen LogP contribution in [0.2, 0.25) is 0 Å². The largest absolute Gasteiger partial charge is 0.377 e. The van der Waals surface area contributed by atoms with Crippen molar-refractivity contribution in [2.24, 2.45) is 5.92 Å². The van der Waals surface area contributed by atoms with Crippen LogP contribution in [0.15, 0.2) is 27.8 Å². The van der Waals surface area contributed by atoms with Crippen molar-refractivity contribution >= 4 is 28.4 Å². The predicted molar refractivity (Wildman–Crippen MR) is 137 cm³/mol. The number of carbonyl (C=O) groups is 1. The highest BCUT2D eigenvalue weighted by Crippen LogP contribution is 2.22. The topological polar surface area (TPSA) is 105 Å². The Hall–Kier alpha value is -3.36. The van der Waals surface area contributed by atoms with E-state index in [0.29, 0.717) is 36.5 Å². The number of aromatic nitrogens is 4. The lowest BCUT2D eigenvalue weighted by Crippen LogP contribution is -2.31. The van der Waals surface area contributed by atoms with Crippen molar-refractivity contribution in [1.82, 2.24) is 19.1 Å². The second-order valence-corrected chi connectivity index (χ2v) is 9.41. The Morgan fingerprint density at radius 1 is 1.21 bits per heavy atom. The van der Waals surface area contributed by atoms with Gasteiger partial charge in [0, 0.05) is 51.4 Å². The van der Waals surface area contributed by atoms with Crippen LogP contribution in [0.4, 0.5) is 11.4 Å². The van der Waals surface area contributed by atoms with Crippen molar-refractivity contribution < 1.29 is 4.79 Å². The van der Waals surface area contributed by atoms with E-state index in [1.807, 2.05) is 55.6 Å². The molecule has 0 radical (unpaired) electrons. The zero-order chi connectivity index (χ0) is 25.0. The fraction of sp³-hybridized carbons (Fsp3) is 0.520. The predicted octanol–water partition coefficient (Wildman–Crippen LogP) is 3.29. The van der Waals surface area contributed by atoms with Crippen LogP contribution in [0.1, 0.15) is 51.4 Å². The fourth-order valence-electron chi connectivity index (χ4n) is 4.18. The number of hydrogen-bond donors (Lipinski definition) is 2. The SMILES string of the molecule is CCCCn1c(=O)[nH]c(=O)c2c1nc(CCC(=O)Nc1ccc(N(C)C)c(C)c1)n2CC(C)C. The van der Waals surface area contributed by atoms with E-state index < -0.39 is 11.2 Å². The van der Waals surface area contributed by atoms with Gasteiger partial charge >= 0.3 is 5.69 Å². The number of amides is 1. The minimum atomic E-state index is -0.444. The number of hydrogen-bond acceptors (Lipinski definition) is 5. The summed E-state index contributed by atoms with van der Waals surface area (Å²) in [5.41, 5.74) is 2.83. The molecule has 0 bridgehead atoms. The number of carbonyl (C=O) groups excluding carboxylic acids is 1. The number of H-pyrrole nitrogens is 1. The first kappa shape index (κ1) is 25.3. The maximum absolute atomic E-state index is 12.7. The number of aryl methyl sites for hydroxylation is 3. The summed E-state index contributed by atoms with van der Waals surface area (Å²) in [4.78, 5) is 47.0. The maximum Gasteiger partial charge on any atom is 0.330 e. The lowest BCUT2D eigenvalue weighted by atomic mass is 10.1. The molecule has 0 aliphatic rings. The van der Waals surface area contributed by atoms with E-state index in [1.54, 1.807) is 0 Å². The van der Waals surface area contributed by atoms with Gasteiger partial charge in [0.05, 0.1) is 0 Å². The normalized spacial score (nSPS) is 11.4. The van der Waals surface area contributed by atoms with Gasteiger partial charge in [-0.3, -0.25) is 19.1 Å². The number of nitrogens with one attached hydrogen (secondary N) is 2. The highest BCUT2D eigenvalue weighted by atomic mass is 16.2. The first-order valence-electron chi connectivity index (χ1n) is 11.9. The van der Waals surface area contributed by atoms with E-state index in [0.717, 1.165) is 29.8 Å². The van der Waals surface area contributed by atoms with Crippen molar-refractivity contribution in [3.8, 4) is 0 Å². The molecule has 0 aliphatic carbocycles. The molecule has 0 aliphatic heterocycles. The van der Waals surface area contributed by atoms with Crippen molar-refractivity contribution in [1.29, 1.82) is 0 Å². The van der Waals surface area contributed by atoms with Crippen LogP contribution in [-0.2, 0) is 24.3 Å². The summed E-state index contributed by atoms with van der Waals surface area (Å²) in [7, 11) is 3.97. The molecule has 2 aromatic heterocycles. The molecule has 3 rings (SSSR count). The van der Waals surface area contributed by atoms with E-state index in [9.17, 15) is 14.4 Å². The average molecular weight is 469 g/mol. The summed E-state index contributed by atoms with van der Waals surface area (Å²) in [6.45, 7) is 9.24. The van der Waals surface area contributed by atoms with Crippen molar-refractivity contribution in [2.75, 3.05) is 24.3 Å². The summed E-state index contributed by atoms with van der Waals surface area (Å²) in [6, 6.07) is 5.82. The van der Waals surface area contributed by atoms with Gasteiger partial charge in [0.15, 0.2) is 11.2 Å². The Morgan fingerprint density at radius 3 is 2.56 bits per heavy atom. The van der Waals surface area contributed by atoms with Crippen LogP contribution in [0.25, 0.3) is 11.2 Å². The molecule has 0 spiro atoms. The van der Waals surface area contributed by atoms with Gasteiger partial charge in [-0.1, -0.05) is 27.2 Å². The summed E-state index contributed by atoms with van der Waals surface area (Å²) in [5.74, 6) is 0.773. The van der Waals surface area contributed by atoms with Crippen LogP contribution in [0.5, 0.6) is 0 Å². The Balaban J connectivity index is 1.88. The third kappa shape index (κ3) is 5.58. The van der Waals surface area contributed by atoms with Gasteiger partial charge in [-0.05, 0) is 43.0 Å². The van der Waals surface area contributed by atoms with Gasteiger partial charge < -0.3 is 14.8 Å². The summed E-state index contributed by atoms with van der Waals surface area (Å²) < 4.78 is 3.40. The van der Waals surface area contributed by atoms with Crippen LogP contribution >= 0.6 is 0 Å². The van der Waals surface area contributed by atoms with E-state index in [2.05, 4.69) is 29.1 Å². The smallest absolute Gasteiger partial charge is 0.330 e. The molecule has 34 heavy (non-hydrogen) atoms. The highest BCUT2D eigenvalue weighted by Gasteiger charge is 2.20. The quantitative estimate of drug-likeness (QED) is 0.475. The van der Waals surface area contributed by atoms with Gasteiger partial charge in [-0.2, -0.15) is 0 Å². The van der Waals surface area contributed by atoms with Gasteiger partial charge in [-0.15, -0.1) is 0 Å². The minimum absolute atomic E-state index is 0.127. The Labute approximate surface area is 199 Å². The third-order valence-electron chi connectivity index (χ3n) is 5.79. The van der Waals surface area contributed by atoms with Gasteiger partial charge in [-0.25, -0.2) is 9.78 Å². The first-order valence-corrected chi connectivity index (χ1v) is 11.9. The van der Waals surface area contributed by atoms with Crippen molar-refractivity contribution in [3.05, 3.63) is 50.4 Å². The van der Waals surface area contributed by atoms with Gasteiger partial charge in [0.25, 0.3) is 5.56 Å². The van der Waals surface area contributed by atoms with Gasteiger partial charge in [0.2, 0.25) is 5.91 Å². The van der Waals surface area contributed by atoms with E-state index >= 15 is 0 Å². The number of fused-ring (bicyclic) bond motifs is 1. The van der Waals surface area contributed by atoms with E-state index in [4.69, 9.17) is 0 Å². The number of aromatic amines is 1. The molecule has 1 amide bonds. The van der Waals surface area contributed by atoms with Crippen LogP contribution in [0.3, 0.4) is 0 Å². The number of anilines is 2. The average Bonchev–Trinajstić information content (AvgIpc) is 3.09. The molecule has 0 atom stereocenters. The monoisotopic (exact) mass is 468 g/mol. The lowest BCUT2D eigenvalue weighted by Gasteiger charge is -2.16. The molecule has 3 aromatic rings. The summed E-state index contributed by atoms with van der Waals surface area (Å²) in [6.07, 6.45) is 2.31. The molecule has 0 unspecified atom stereocenters. The van der Waals surface area contributed by atoms with Crippen LogP contribution < -0.4 is 21.5 Å². The number of rotatable bonds is 10. The molecule has 2 N–H and O–H groups in total. The highest BCUT2D eigenvalue weighted by molar-refractivity contribution is 5.91. The fourth-order valence-corrected chi connectivity index (χ4v) is 4.18. The maximum atomic E-state index is 12.7. The van der Waals surface area contributed by atoms with Crippen molar-refractivity contribution in [2.45, 2.75) is 66.5 Å². The first-order chi connectivity index (χ1) is 16.1. The Bertz CT molecular complexity index is 1280. The third-order valence-corrected chi connectivity index (χ3v) is 5.79. The molecular weight excluding hydrogens is 432 g/mol. The number of imidazole rings is 1.